The van der Waals surface area contributed by atoms with E-state index in [-0.39, 0.29) is 11.8 Å². The van der Waals surface area contributed by atoms with Crippen LogP contribution in [-0.4, -0.2) is 37.6 Å². The summed E-state index contributed by atoms with van der Waals surface area (Å²) >= 11 is 0. The zero-order valence-electron chi connectivity index (χ0n) is 12.7. The van der Waals surface area contributed by atoms with Gasteiger partial charge in [-0.1, -0.05) is 25.1 Å². The summed E-state index contributed by atoms with van der Waals surface area (Å²) in [6.07, 6.45) is 0.872. The Morgan fingerprint density at radius 3 is 2.65 bits per heavy atom. The summed E-state index contributed by atoms with van der Waals surface area (Å²) in [5.41, 5.74) is 3.36. The van der Waals surface area contributed by atoms with Crippen LogP contribution in [-0.2, 0) is 11.2 Å². The molecule has 0 bridgehead atoms. The van der Waals surface area contributed by atoms with Crippen LogP contribution in [0.15, 0.2) is 24.3 Å². The largest absolute Gasteiger partial charge is 0.496 e. The molecule has 0 aliphatic heterocycles. The van der Waals surface area contributed by atoms with Gasteiger partial charge in [-0.3, -0.25) is 10.2 Å². The van der Waals surface area contributed by atoms with Gasteiger partial charge in [0.1, 0.15) is 5.75 Å². The highest BCUT2D eigenvalue weighted by atomic mass is 16.5. The summed E-state index contributed by atoms with van der Waals surface area (Å²) in [5.74, 6) is 5.78. The average molecular weight is 279 g/mol. The number of benzene rings is 1. The fraction of sp³-hybridized carbons (Fsp3) is 0.533. The molecular formula is C15H25N3O2. The first kappa shape index (κ1) is 16.5. The lowest BCUT2D eigenvalue weighted by atomic mass is 10.0. The van der Waals surface area contributed by atoms with Crippen LogP contribution in [0.1, 0.15) is 19.4 Å². The van der Waals surface area contributed by atoms with Crippen molar-refractivity contribution in [1.29, 1.82) is 0 Å². The monoisotopic (exact) mass is 279 g/mol. The van der Waals surface area contributed by atoms with Crippen molar-refractivity contribution in [2.45, 2.75) is 26.3 Å². The number of nitrogens with one attached hydrogen (secondary N) is 1. The highest BCUT2D eigenvalue weighted by molar-refractivity contribution is 5.77. The number of para-hydroxylation sites is 1. The van der Waals surface area contributed by atoms with Gasteiger partial charge in [0.15, 0.2) is 0 Å². The second kappa shape index (κ2) is 7.87. The number of carbonyl (C=O) groups excluding carboxylic acids is 1. The van der Waals surface area contributed by atoms with Gasteiger partial charge in [-0.05, 0) is 32.0 Å². The Bertz CT molecular complexity index is 437. The first-order chi connectivity index (χ1) is 9.49. The molecule has 1 rings (SSSR count). The van der Waals surface area contributed by atoms with Gasteiger partial charge in [0, 0.05) is 18.5 Å². The van der Waals surface area contributed by atoms with E-state index in [0.29, 0.717) is 12.6 Å². The van der Waals surface area contributed by atoms with Gasteiger partial charge in [0.2, 0.25) is 5.91 Å². The topological polar surface area (TPSA) is 67.6 Å². The van der Waals surface area contributed by atoms with Gasteiger partial charge < -0.3 is 9.64 Å². The number of likely N-dealkylation sites (N-methyl/N-ethyl adjacent to an activating group) is 1. The fourth-order valence-electron chi connectivity index (χ4n) is 2.18. The molecule has 1 aromatic carbocycles. The molecule has 2 unspecified atom stereocenters. The van der Waals surface area contributed by atoms with Gasteiger partial charge >= 0.3 is 0 Å². The number of ether oxygens (including phenoxy) is 1. The van der Waals surface area contributed by atoms with Gasteiger partial charge in [0.05, 0.1) is 7.11 Å². The highest BCUT2D eigenvalue weighted by Crippen LogP contribution is 2.20. The summed E-state index contributed by atoms with van der Waals surface area (Å²) in [6.45, 7) is 4.67. The maximum atomic E-state index is 11.4. The maximum Gasteiger partial charge on any atom is 0.237 e. The molecule has 0 fully saturated rings. The third kappa shape index (κ3) is 4.51. The van der Waals surface area contributed by atoms with Crippen molar-refractivity contribution >= 4 is 5.91 Å². The predicted molar refractivity (Wildman–Crippen MR) is 80.3 cm³/mol. The van der Waals surface area contributed by atoms with Crippen molar-refractivity contribution in [1.82, 2.24) is 10.3 Å². The van der Waals surface area contributed by atoms with Crippen LogP contribution in [0, 0.1) is 5.92 Å². The summed E-state index contributed by atoms with van der Waals surface area (Å²) < 4.78 is 5.36. The zero-order valence-corrected chi connectivity index (χ0v) is 12.7. The van der Waals surface area contributed by atoms with E-state index >= 15 is 0 Å². The third-order valence-corrected chi connectivity index (χ3v) is 3.61. The summed E-state index contributed by atoms with van der Waals surface area (Å²) in [5, 5.41) is 0. The van der Waals surface area contributed by atoms with E-state index in [1.807, 2.05) is 32.2 Å². The van der Waals surface area contributed by atoms with E-state index in [0.717, 1.165) is 12.2 Å². The summed E-state index contributed by atoms with van der Waals surface area (Å²) in [6, 6.07) is 8.31. The Morgan fingerprint density at radius 2 is 2.05 bits per heavy atom. The number of carbonyl (C=O) groups is 1. The number of methoxy groups -OCH3 is 1. The van der Waals surface area contributed by atoms with Gasteiger partial charge in [0.25, 0.3) is 0 Å². The molecule has 112 valence electrons. The molecule has 0 aliphatic carbocycles. The molecule has 0 radical (unpaired) electrons. The smallest absolute Gasteiger partial charge is 0.237 e. The van der Waals surface area contributed by atoms with Gasteiger partial charge in [-0.2, -0.15) is 0 Å². The molecule has 2 atom stereocenters. The SMILES string of the molecule is COc1ccccc1CC(C)N(C)CC(C)C(=O)NN. The molecule has 1 aromatic rings. The molecule has 0 saturated heterocycles. The van der Waals surface area contributed by atoms with Crippen LogP contribution in [0.4, 0.5) is 0 Å². The van der Waals surface area contributed by atoms with Crippen LogP contribution < -0.4 is 16.0 Å². The molecule has 0 saturated carbocycles. The van der Waals surface area contributed by atoms with Crippen molar-refractivity contribution in [2.24, 2.45) is 11.8 Å². The standard InChI is InChI=1S/C15H25N3O2/c1-11(15(19)17-16)10-18(3)12(2)9-13-7-5-6-8-14(13)20-4/h5-8,11-12H,9-10,16H2,1-4H3,(H,17,19). The van der Waals surface area contributed by atoms with E-state index < -0.39 is 0 Å². The number of rotatable bonds is 7. The molecule has 0 heterocycles. The Morgan fingerprint density at radius 1 is 1.40 bits per heavy atom. The average Bonchev–Trinajstić information content (AvgIpc) is 2.46. The highest BCUT2D eigenvalue weighted by Gasteiger charge is 2.18. The molecule has 5 heteroatoms. The molecular weight excluding hydrogens is 254 g/mol. The number of nitrogens with two attached hydrogens (primary N) is 1. The molecule has 20 heavy (non-hydrogen) atoms. The Hall–Kier alpha value is -1.59. The van der Waals surface area contributed by atoms with E-state index in [1.165, 1.54) is 5.56 Å². The first-order valence-electron chi connectivity index (χ1n) is 6.82. The van der Waals surface area contributed by atoms with Crippen LogP contribution in [0.3, 0.4) is 0 Å². The molecule has 0 aliphatic rings. The van der Waals surface area contributed by atoms with Crippen molar-refractivity contribution in [3.63, 3.8) is 0 Å². The predicted octanol–water partition coefficient (Wildman–Crippen LogP) is 1.18. The molecule has 3 N–H and O–H groups in total. The molecule has 0 aromatic heterocycles. The second-order valence-corrected chi connectivity index (χ2v) is 5.21. The second-order valence-electron chi connectivity index (χ2n) is 5.21. The number of hydrazine groups is 1. The van der Waals surface area contributed by atoms with E-state index in [2.05, 4.69) is 23.3 Å². The van der Waals surface area contributed by atoms with Gasteiger partial charge in [-0.25, -0.2) is 5.84 Å². The number of hydrogen-bond donors (Lipinski definition) is 2. The number of amides is 1. The van der Waals surface area contributed by atoms with E-state index in [4.69, 9.17) is 10.6 Å². The summed E-state index contributed by atoms with van der Waals surface area (Å²) in [4.78, 5) is 13.6. The van der Waals surface area contributed by atoms with Crippen molar-refractivity contribution in [3.8, 4) is 5.75 Å². The van der Waals surface area contributed by atoms with Crippen molar-refractivity contribution in [2.75, 3.05) is 20.7 Å². The lowest BCUT2D eigenvalue weighted by Crippen LogP contribution is -2.42. The lowest BCUT2D eigenvalue weighted by molar-refractivity contribution is -0.125. The van der Waals surface area contributed by atoms with Crippen LogP contribution in [0.2, 0.25) is 0 Å². The Balaban J connectivity index is 2.61. The fourth-order valence-corrected chi connectivity index (χ4v) is 2.18. The Kier molecular flexibility index (Phi) is 6.48. The minimum Gasteiger partial charge on any atom is -0.496 e. The number of hydrogen-bond acceptors (Lipinski definition) is 4. The zero-order chi connectivity index (χ0) is 15.1. The van der Waals surface area contributed by atoms with E-state index in [9.17, 15) is 4.79 Å². The normalized spacial score (nSPS) is 13.9. The molecule has 0 spiro atoms. The molecule has 1 amide bonds. The van der Waals surface area contributed by atoms with Crippen molar-refractivity contribution in [3.05, 3.63) is 29.8 Å². The maximum absolute atomic E-state index is 11.4. The third-order valence-electron chi connectivity index (χ3n) is 3.61. The number of nitrogens with zero attached hydrogens (tertiary/aromatic N) is 1. The molecule has 5 nitrogen and oxygen atoms in total. The Labute approximate surface area is 121 Å². The van der Waals surface area contributed by atoms with Crippen molar-refractivity contribution < 1.29 is 9.53 Å². The first-order valence-corrected chi connectivity index (χ1v) is 6.82. The van der Waals surface area contributed by atoms with E-state index in [1.54, 1.807) is 7.11 Å². The minimum atomic E-state index is -0.138. The summed E-state index contributed by atoms with van der Waals surface area (Å²) in [7, 11) is 3.70. The van der Waals surface area contributed by atoms with Crippen LogP contribution in [0.25, 0.3) is 0 Å². The van der Waals surface area contributed by atoms with Crippen LogP contribution >= 0.6 is 0 Å². The quantitative estimate of drug-likeness (QED) is 0.447. The minimum absolute atomic E-state index is 0.134. The van der Waals surface area contributed by atoms with Crippen LogP contribution in [0.5, 0.6) is 5.75 Å². The van der Waals surface area contributed by atoms with Gasteiger partial charge in [-0.15, -0.1) is 0 Å². The lowest BCUT2D eigenvalue weighted by Gasteiger charge is -2.27.